The second-order valence-corrected chi connectivity index (χ2v) is 19.2. The molecule has 2 aliphatic carbocycles. The Labute approximate surface area is 405 Å². The Kier molecular flexibility index (Phi) is 9.49. The standard InChI is InChI=1S/C68H49N/c1-67(2)61-31-17-15-28-57(61)59-40-37-51(44-64(59)67)48-34-35-50-43-54(38-36-49(50)42-48)69(65-33-19-30-56(46-20-7-3-8-21-46)66(65)47-22-9-4-10-23-47)55-39-41-63-60(45-55)58-29-16-18-32-62(58)68(63,52-24-11-5-12-25-52)53-26-13-6-14-27-53/h3-45H,1-2H3. The third-order valence-electron chi connectivity index (χ3n) is 15.1. The zero-order valence-corrected chi connectivity index (χ0v) is 38.8. The Morgan fingerprint density at radius 1 is 0.290 bits per heavy atom. The van der Waals surface area contributed by atoms with Crippen molar-refractivity contribution in [1.29, 1.82) is 0 Å². The molecule has 11 aromatic rings. The molecule has 0 N–H and O–H groups in total. The van der Waals surface area contributed by atoms with Crippen LogP contribution in [0.2, 0.25) is 0 Å². The summed E-state index contributed by atoms with van der Waals surface area (Å²) in [5.41, 5.74) is 23.1. The van der Waals surface area contributed by atoms with E-state index in [0.29, 0.717) is 0 Å². The van der Waals surface area contributed by atoms with E-state index in [-0.39, 0.29) is 5.41 Å². The number of rotatable bonds is 8. The van der Waals surface area contributed by atoms with E-state index in [1.165, 1.54) is 99.8 Å². The third kappa shape index (κ3) is 6.38. The molecular formula is C68H49N. The smallest absolute Gasteiger partial charge is 0.0713 e. The first-order valence-corrected chi connectivity index (χ1v) is 24.2. The summed E-state index contributed by atoms with van der Waals surface area (Å²) in [5.74, 6) is 0. The Morgan fingerprint density at radius 3 is 1.49 bits per heavy atom. The van der Waals surface area contributed by atoms with Crippen LogP contribution in [0.25, 0.3) is 66.4 Å². The molecule has 11 aromatic carbocycles. The molecule has 0 bridgehead atoms. The topological polar surface area (TPSA) is 3.24 Å². The molecule has 1 heteroatoms. The molecule has 0 heterocycles. The van der Waals surface area contributed by atoms with Gasteiger partial charge in [-0.1, -0.05) is 232 Å². The lowest BCUT2D eigenvalue weighted by Crippen LogP contribution is -2.28. The lowest BCUT2D eigenvalue weighted by Gasteiger charge is -2.34. The van der Waals surface area contributed by atoms with Crippen LogP contribution in [0, 0.1) is 0 Å². The molecule has 0 aromatic heterocycles. The van der Waals surface area contributed by atoms with Crippen LogP contribution in [0.15, 0.2) is 261 Å². The molecule has 0 atom stereocenters. The first-order valence-electron chi connectivity index (χ1n) is 24.2. The molecule has 0 fully saturated rings. The average molecular weight is 880 g/mol. The quantitative estimate of drug-likeness (QED) is 0.147. The zero-order chi connectivity index (χ0) is 46.1. The maximum atomic E-state index is 2.50. The van der Waals surface area contributed by atoms with Crippen molar-refractivity contribution >= 4 is 27.8 Å². The summed E-state index contributed by atoms with van der Waals surface area (Å²) in [4.78, 5) is 2.50. The minimum Gasteiger partial charge on any atom is -0.310 e. The van der Waals surface area contributed by atoms with Crippen molar-refractivity contribution < 1.29 is 0 Å². The van der Waals surface area contributed by atoms with Gasteiger partial charge in [-0.25, -0.2) is 0 Å². The molecule has 0 radical (unpaired) electrons. The molecule has 0 saturated carbocycles. The molecule has 0 amide bonds. The van der Waals surface area contributed by atoms with Gasteiger partial charge in [0.25, 0.3) is 0 Å². The number of benzene rings is 11. The van der Waals surface area contributed by atoms with Crippen LogP contribution in [0.3, 0.4) is 0 Å². The number of anilines is 3. The molecular weight excluding hydrogens is 831 g/mol. The van der Waals surface area contributed by atoms with Gasteiger partial charge >= 0.3 is 0 Å². The van der Waals surface area contributed by atoms with Crippen molar-refractivity contribution in [2.75, 3.05) is 4.90 Å². The van der Waals surface area contributed by atoms with Gasteiger partial charge in [0.15, 0.2) is 0 Å². The van der Waals surface area contributed by atoms with E-state index in [9.17, 15) is 0 Å². The predicted molar refractivity (Wildman–Crippen MR) is 290 cm³/mol. The Morgan fingerprint density at radius 2 is 0.783 bits per heavy atom. The van der Waals surface area contributed by atoms with E-state index in [0.717, 1.165) is 17.1 Å². The molecule has 0 spiro atoms. The maximum Gasteiger partial charge on any atom is 0.0713 e. The van der Waals surface area contributed by atoms with Gasteiger partial charge in [-0.2, -0.15) is 0 Å². The van der Waals surface area contributed by atoms with E-state index < -0.39 is 5.41 Å². The van der Waals surface area contributed by atoms with Crippen LogP contribution in [0.1, 0.15) is 47.2 Å². The van der Waals surface area contributed by atoms with Crippen LogP contribution < -0.4 is 4.90 Å². The average Bonchev–Trinajstić information content (AvgIpc) is 3.84. The van der Waals surface area contributed by atoms with E-state index in [2.05, 4.69) is 280 Å². The number of hydrogen-bond acceptors (Lipinski definition) is 1. The van der Waals surface area contributed by atoms with Gasteiger partial charge in [-0.15, -0.1) is 0 Å². The summed E-state index contributed by atoms with van der Waals surface area (Å²) in [7, 11) is 0. The fourth-order valence-electron chi connectivity index (χ4n) is 11.9. The second kappa shape index (κ2) is 16.1. The third-order valence-corrected chi connectivity index (χ3v) is 15.1. The number of fused-ring (bicyclic) bond motifs is 7. The van der Waals surface area contributed by atoms with Crippen molar-refractivity contribution in [1.82, 2.24) is 0 Å². The van der Waals surface area contributed by atoms with Gasteiger partial charge in [0.05, 0.1) is 11.1 Å². The second-order valence-electron chi connectivity index (χ2n) is 19.2. The SMILES string of the molecule is CC1(C)c2ccccc2-c2ccc(-c3ccc4cc(N(c5ccc6c(c5)-c5ccccc5C6(c5ccccc5)c5ccccc5)c5cccc(-c6ccccc6)c5-c5ccccc5)ccc4c3)cc21. The molecule has 0 aliphatic heterocycles. The van der Waals surface area contributed by atoms with Crippen LogP contribution in [-0.2, 0) is 10.8 Å². The first kappa shape index (κ1) is 40.7. The zero-order valence-electron chi connectivity index (χ0n) is 38.8. The summed E-state index contributed by atoms with van der Waals surface area (Å²) in [6, 6.07) is 96.8. The molecule has 0 unspecified atom stereocenters. The van der Waals surface area contributed by atoms with Gasteiger partial charge in [-0.3, -0.25) is 0 Å². The van der Waals surface area contributed by atoms with Gasteiger partial charge < -0.3 is 4.90 Å². The maximum absolute atomic E-state index is 2.50. The Bertz CT molecular complexity index is 3700. The van der Waals surface area contributed by atoms with Gasteiger partial charge in [0.2, 0.25) is 0 Å². The largest absolute Gasteiger partial charge is 0.310 e. The highest BCUT2D eigenvalue weighted by Crippen LogP contribution is 2.58. The fourth-order valence-corrected chi connectivity index (χ4v) is 11.9. The predicted octanol–water partition coefficient (Wildman–Crippen LogP) is 18.0. The molecule has 0 saturated heterocycles. The first-order chi connectivity index (χ1) is 34.0. The van der Waals surface area contributed by atoms with Crippen molar-refractivity contribution in [3.63, 3.8) is 0 Å². The van der Waals surface area contributed by atoms with Crippen molar-refractivity contribution in [2.24, 2.45) is 0 Å². The molecule has 13 rings (SSSR count). The highest BCUT2D eigenvalue weighted by atomic mass is 15.1. The molecule has 1 nitrogen and oxygen atoms in total. The summed E-state index contributed by atoms with van der Waals surface area (Å²) in [5, 5.41) is 2.40. The number of nitrogens with zero attached hydrogens (tertiary/aromatic N) is 1. The van der Waals surface area contributed by atoms with E-state index in [4.69, 9.17) is 0 Å². The van der Waals surface area contributed by atoms with E-state index >= 15 is 0 Å². The van der Waals surface area contributed by atoms with Crippen LogP contribution in [0.5, 0.6) is 0 Å². The monoisotopic (exact) mass is 879 g/mol. The van der Waals surface area contributed by atoms with Crippen LogP contribution in [-0.4, -0.2) is 0 Å². The summed E-state index contributed by atoms with van der Waals surface area (Å²) < 4.78 is 0. The lowest BCUT2D eigenvalue weighted by atomic mass is 9.68. The normalized spacial score (nSPS) is 13.6. The highest BCUT2D eigenvalue weighted by molar-refractivity contribution is 6.00. The minimum absolute atomic E-state index is 0.0578. The Hall–Kier alpha value is -8.52. The van der Waals surface area contributed by atoms with Gasteiger partial charge in [0, 0.05) is 22.4 Å². The molecule has 2 aliphatic rings. The lowest BCUT2D eigenvalue weighted by molar-refractivity contribution is 0.660. The fraction of sp³-hybridized carbons (Fsp3) is 0.0588. The summed E-state index contributed by atoms with van der Waals surface area (Å²) >= 11 is 0. The Balaban J connectivity index is 1.01. The van der Waals surface area contributed by atoms with Gasteiger partial charge in [-0.05, 0) is 137 Å². The van der Waals surface area contributed by atoms with E-state index in [1.54, 1.807) is 0 Å². The van der Waals surface area contributed by atoms with Crippen molar-refractivity contribution in [3.8, 4) is 55.6 Å². The molecule has 69 heavy (non-hydrogen) atoms. The van der Waals surface area contributed by atoms with Crippen molar-refractivity contribution in [2.45, 2.75) is 24.7 Å². The van der Waals surface area contributed by atoms with Crippen LogP contribution in [0.4, 0.5) is 17.1 Å². The van der Waals surface area contributed by atoms with Gasteiger partial charge in [0.1, 0.15) is 0 Å². The van der Waals surface area contributed by atoms with Crippen molar-refractivity contribution in [3.05, 3.63) is 294 Å². The summed E-state index contributed by atoms with van der Waals surface area (Å²) in [6.45, 7) is 4.72. The number of hydrogen-bond donors (Lipinski definition) is 0. The van der Waals surface area contributed by atoms with Crippen LogP contribution >= 0.6 is 0 Å². The van der Waals surface area contributed by atoms with E-state index in [1.807, 2.05) is 0 Å². The highest BCUT2D eigenvalue weighted by Gasteiger charge is 2.46. The summed E-state index contributed by atoms with van der Waals surface area (Å²) in [6.07, 6.45) is 0. The minimum atomic E-state index is -0.487. The molecule has 326 valence electrons.